The molecule has 0 aromatic heterocycles. The molecular weight excluding hydrogens is 620 g/mol. The number of carbonyl (C=O) groups excluding carboxylic acids is 1. The van der Waals surface area contributed by atoms with Gasteiger partial charge >= 0.3 is 0 Å². The van der Waals surface area contributed by atoms with E-state index in [1.165, 1.54) is 23.8 Å². The van der Waals surface area contributed by atoms with Crippen LogP contribution in [-0.2, 0) is 4.79 Å². The normalized spacial score (nSPS) is 15.8. The molecule has 0 bridgehead atoms. The molecule has 1 aliphatic rings. The van der Waals surface area contributed by atoms with E-state index in [0.29, 0.717) is 25.7 Å². The van der Waals surface area contributed by atoms with Crippen molar-refractivity contribution in [3.8, 4) is 11.5 Å². The molecule has 1 aliphatic heterocycles. The first-order chi connectivity index (χ1) is 12.3. The maximum atomic E-state index is 12.8. The Hall–Kier alpha value is -0.560. The maximum Gasteiger partial charge on any atom is 0.270 e. The number of phenolic OH excluding ortho intramolecular Hbond substituents is 1. The van der Waals surface area contributed by atoms with Crippen LogP contribution in [0.25, 0.3) is 6.08 Å². The number of amides is 1. The van der Waals surface area contributed by atoms with Gasteiger partial charge in [0.25, 0.3) is 5.91 Å². The van der Waals surface area contributed by atoms with Crippen LogP contribution in [0, 0.1) is 7.14 Å². The predicted molar refractivity (Wildman–Crippen MR) is 127 cm³/mol. The van der Waals surface area contributed by atoms with Crippen LogP contribution in [0.1, 0.15) is 5.56 Å². The van der Waals surface area contributed by atoms with E-state index >= 15 is 0 Å². The van der Waals surface area contributed by atoms with E-state index in [2.05, 4.69) is 45.2 Å². The van der Waals surface area contributed by atoms with Crippen molar-refractivity contribution in [2.24, 2.45) is 0 Å². The second-order valence-electron chi connectivity index (χ2n) is 5.17. The molecular formula is C17H10ClI2NO3S2. The number of benzene rings is 2. The van der Waals surface area contributed by atoms with Crippen LogP contribution in [-0.4, -0.2) is 22.4 Å². The molecule has 1 amide bonds. The number of carbonyl (C=O) groups is 1. The van der Waals surface area contributed by atoms with Crippen LogP contribution >= 0.6 is 80.8 Å². The van der Waals surface area contributed by atoms with Gasteiger partial charge in [0.15, 0.2) is 4.32 Å². The van der Waals surface area contributed by atoms with E-state index in [1.807, 2.05) is 12.1 Å². The highest BCUT2D eigenvalue weighted by Gasteiger charge is 2.33. The number of rotatable bonds is 3. The monoisotopic (exact) mass is 629 g/mol. The fraction of sp³-hybridized carbons (Fsp3) is 0.0588. The number of thiocarbonyl (C=S) groups is 1. The van der Waals surface area contributed by atoms with Crippen molar-refractivity contribution in [2.75, 3.05) is 12.0 Å². The largest absolute Gasteiger partial charge is 0.506 e. The Labute approximate surface area is 192 Å². The Morgan fingerprint density at radius 1 is 1.27 bits per heavy atom. The van der Waals surface area contributed by atoms with Gasteiger partial charge in [0.2, 0.25) is 0 Å². The molecule has 2 aromatic rings. The molecule has 1 heterocycles. The fourth-order valence-corrected chi connectivity index (χ4v) is 5.67. The first kappa shape index (κ1) is 20.2. The van der Waals surface area contributed by atoms with Crippen LogP contribution in [0.3, 0.4) is 0 Å². The molecule has 2 aromatic carbocycles. The number of nitrogens with zero attached hydrogens (tertiary/aromatic N) is 1. The van der Waals surface area contributed by atoms with Gasteiger partial charge in [-0.15, -0.1) is 0 Å². The van der Waals surface area contributed by atoms with Crippen LogP contribution in [0.15, 0.2) is 35.2 Å². The number of hydrogen-bond acceptors (Lipinski definition) is 5. The summed E-state index contributed by atoms with van der Waals surface area (Å²) in [5.74, 6) is 0.563. The van der Waals surface area contributed by atoms with Gasteiger partial charge < -0.3 is 9.84 Å². The predicted octanol–water partition coefficient (Wildman–Crippen LogP) is 5.67. The molecule has 0 radical (unpaired) electrons. The summed E-state index contributed by atoms with van der Waals surface area (Å²) in [5, 5.41) is 10.3. The highest BCUT2D eigenvalue weighted by molar-refractivity contribution is 14.1. The van der Waals surface area contributed by atoms with Crippen LogP contribution in [0.4, 0.5) is 5.69 Å². The zero-order valence-electron chi connectivity index (χ0n) is 13.1. The Morgan fingerprint density at radius 3 is 2.50 bits per heavy atom. The number of ether oxygens (including phenoxy) is 1. The second-order valence-corrected chi connectivity index (χ2v) is 9.58. The van der Waals surface area contributed by atoms with E-state index < -0.39 is 0 Å². The van der Waals surface area contributed by atoms with Gasteiger partial charge in [-0.2, -0.15) is 0 Å². The summed E-state index contributed by atoms with van der Waals surface area (Å²) in [6, 6.07) is 8.72. The summed E-state index contributed by atoms with van der Waals surface area (Å²) in [4.78, 5) is 14.8. The topological polar surface area (TPSA) is 49.8 Å². The van der Waals surface area contributed by atoms with Crippen molar-refractivity contribution < 1.29 is 14.6 Å². The third-order valence-electron chi connectivity index (χ3n) is 3.52. The van der Waals surface area contributed by atoms with Gasteiger partial charge in [0.1, 0.15) is 11.5 Å². The molecule has 1 fully saturated rings. The Balaban J connectivity index is 1.95. The molecule has 0 atom stereocenters. The van der Waals surface area contributed by atoms with Gasteiger partial charge in [-0.1, -0.05) is 35.6 Å². The standard InChI is InChI=1S/C17H10ClI2NO3S2/c1-24-13-3-2-9(7-10(13)18)21-16(23)14(26-17(21)25)6-8-4-11(19)15(22)12(20)5-8/h2-7,22H,1H3/b14-6+. The lowest BCUT2D eigenvalue weighted by molar-refractivity contribution is -0.113. The zero-order chi connectivity index (χ0) is 19.0. The van der Waals surface area contributed by atoms with Crippen LogP contribution in [0.2, 0.25) is 5.02 Å². The molecule has 26 heavy (non-hydrogen) atoms. The van der Waals surface area contributed by atoms with E-state index in [0.717, 1.165) is 12.7 Å². The van der Waals surface area contributed by atoms with Crippen molar-refractivity contribution in [3.05, 3.63) is 53.0 Å². The maximum absolute atomic E-state index is 12.8. The number of thioether (sulfide) groups is 1. The molecule has 1 saturated heterocycles. The summed E-state index contributed by atoms with van der Waals surface area (Å²) in [7, 11) is 1.53. The number of hydrogen-bond donors (Lipinski definition) is 1. The minimum absolute atomic E-state index is 0.209. The van der Waals surface area contributed by atoms with E-state index in [4.69, 9.17) is 28.6 Å². The molecule has 0 aliphatic carbocycles. The van der Waals surface area contributed by atoms with Gasteiger partial charge in [-0.05, 0) is 87.2 Å². The first-order valence-corrected chi connectivity index (χ1v) is 10.9. The third kappa shape index (κ3) is 3.98. The van der Waals surface area contributed by atoms with Gasteiger partial charge in [0, 0.05) is 0 Å². The SMILES string of the molecule is COc1ccc(N2C(=O)/C(=C\c3cc(I)c(O)c(I)c3)SC2=S)cc1Cl. The average molecular weight is 630 g/mol. The van der Waals surface area contributed by atoms with Gasteiger partial charge in [0.05, 0.1) is 29.9 Å². The summed E-state index contributed by atoms with van der Waals surface area (Å²) >= 11 is 16.9. The summed E-state index contributed by atoms with van der Waals surface area (Å²) in [5.41, 5.74) is 1.42. The summed E-state index contributed by atoms with van der Waals surface area (Å²) in [6.07, 6.45) is 1.77. The van der Waals surface area contributed by atoms with Crippen molar-refractivity contribution in [1.29, 1.82) is 0 Å². The number of anilines is 1. The Morgan fingerprint density at radius 2 is 1.92 bits per heavy atom. The van der Waals surface area contributed by atoms with Crippen molar-refractivity contribution >= 4 is 103 Å². The van der Waals surface area contributed by atoms with Crippen LogP contribution in [0.5, 0.6) is 11.5 Å². The molecule has 3 rings (SSSR count). The molecule has 1 N–H and O–H groups in total. The molecule has 134 valence electrons. The first-order valence-electron chi connectivity index (χ1n) is 7.11. The average Bonchev–Trinajstić information content (AvgIpc) is 2.86. The lowest BCUT2D eigenvalue weighted by Crippen LogP contribution is -2.27. The highest BCUT2D eigenvalue weighted by atomic mass is 127. The number of phenols is 1. The number of aromatic hydroxyl groups is 1. The fourth-order valence-electron chi connectivity index (χ4n) is 2.30. The smallest absolute Gasteiger partial charge is 0.270 e. The molecule has 4 nitrogen and oxygen atoms in total. The number of halogens is 3. The number of methoxy groups -OCH3 is 1. The molecule has 0 spiro atoms. The van der Waals surface area contributed by atoms with Crippen LogP contribution < -0.4 is 9.64 Å². The minimum Gasteiger partial charge on any atom is -0.506 e. The summed E-state index contributed by atoms with van der Waals surface area (Å²) < 4.78 is 7.02. The van der Waals surface area contributed by atoms with E-state index in [1.54, 1.807) is 24.3 Å². The van der Waals surface area contributed by atoms with Crippen molar-refractivity contribution in [1.82, 2.24) is 0 Å². The lowest BCUT2D eigenvalue weighted by Gasteiger charge is -2.15. The lowest BCUT2D eigenvalue weighted by atomic mass is 10.2. The Bertz CT molecular complexity index is 942. The van der Waals surface area contributed by atoms with E-state index in [9.17, 15) is 9.90 Å². The minimum atomic E-state index is -0.209. The quantitative estimate of drug-likeness (QED) is 0.270. The highest BCUT2D eigenvalue weighted by Crippen LogP contribution is 2.39. The molecule has 9 heteroatoms. The summed E-state index contributed by atoms with van der Waals surface area (Å²) in [6.45, 7) is 0. The Kier molecular flexibility index (Phi) is 6.37. The third-order valence-corrected chi connectivity index (χ3v) is 6.77. The van der Waals surface area contributed by atoms with Gasteiger partial charge in [-0.25, -0.2) is 0 Å². The zero-order valence-corrected chi connectivity index (χ0v) is 19.8. The second kappa shape index (κ2) is 8.21. The van der Waals surface area contributed by atoms with Gasteiger partial charge in [-0.3, -0.25) is 9.69 Å². The van der Waals surface area contributed by atoms with Crippen molar-refractivity contribution in [3.63, 3.8) is 0 Å². The molecule has 0 saturated carbocycles. The van der Waals surface area contributed by atoms with E-state index in [-0.39, 0.29) is 11.7 Å². The van der Waals surface area contributed by atoms with Crippen molar-refractivity contribution in [2.45, 2.75) is 0 Å². The molecule has 0 unspecified atom stereocenters.